The van der Waals surface area contributed by atoms with Crippen molar-refractivity contribution in [2.45, 2.75) is 18.9 Å². The van der Waals surface area contributed by atoms with Crippen molar-refractivity contribution < 1.29 is 5.11 Å². The van der Waals surface area contributed by atoms with E-state index in [0.717, 1.165) is 12.8 Å². The van der Waals surface area contributed by atoms with Gasteiger partial charge in [0, 0.05) is 6.04 Å². The van der Waals surface area contributed by atoms with Gasteiger partial charge in [-0.15, -0.1) is 0 Å². The molecule has 0 aliphatic heterocycles. The number of rotatable bonds is 2. The molecule has 1 aliphatic rings. The van der Waals surface area contributed by atoms with E-state index < -0.39 is 0 Å². The quantitative estimate of drug-likeness (QED) is 0.699. The third-order valence-corrected chi connectivity index (χ3v) is 2.90. The Morgan fingerprint density at radius 1 is 1.31 bits per heavy atom. The number of hydrogen-bond donors (Lipinski definition) is 2. The van der Waals surface area contributed by atoms with Crippen LogP contribution < -0.4 is 5.73 Å². The lowest BCUT2D eigenvalue weighted by Gasteiger charge is -2.15. The van der Waals surface area contributed by atoms with Gasteiger partial charge in [-0.1, -0.05) is 24.3 Å². The molecule has 1 atom stereocenters. The molecule has 0 aromatic heterocycles. The fraction of sp³-hybridized carbons (Fsp3) is 0.455. The molecule has 0 unspecified atom stereocenters. The van der Waals surface area contributed by atoms with Gasteiger partial charge in [0.15, 0.2) is 0 Å². The highest BCUT2D eigenvalue weighted by Gasteiger charge is 2.25. The smallest absolute Gasteiger partial charge is 0.0585 e. The maximum absolute atomic E-state index is 8.95. The minimum atomic E-state index is -0.0626. The topological polar surface area (TPSA) is 46.2 Å². The fourth-order valence-electron chi connectivity index (χ4n) is 2.04. The van der Waals surface area contributed by atoms with Gasteiger partial charge in [0.1, 0.15) is 0 Å². The SMILES string of the molecule is N[C@H](CO)C1Cc2ccccc2C1. The lowest BCUT2D eigenvalue weighted by molar-refractivity contribution is 0.229. The largest absolute Gasteiger partial charge is 0.395 e. The Balaban J connectivity index is 2.14. The lowest BCUT2D eigenvalue weighted by Crippen LogP contribution is -2.33. The lowest BCUT2D eigenvalue weighted by atomic mass is 9.98. The van der Waals surface area contributed by atoms with E-state index in [2.05, 4.69) is 24.3 Å². The summed E-state index contributed by atoms with van der Waals surface area (Å²) < 4.78 is 0. The van der Waals surface area contributed by atoms with Crippen LogP contribution in [-0.2, 0) is 12.8 Å². The van der Waals surface area contributed by atoms with E-state index in [1.54, 1.807) is 0 Å². The second-order valence-corrected chi connectivity index (χ2v) is 3.78. The minimum absolute atomic E-state index is 0.0626. The second kappa shape index (κ2) is 3.48. The Morgan fingerprint density at radius 2 is 1.85 bits per heavy atom. The Hall–Kier alpha value is -0.860. The van der Waals surface area contributed by atoms with Crippen molar-refractivity contribution in [3.63, 3.8) is 0 Å². The second-order valence-electron chi connectivity index (χ2n) is 3.78. The molecule has 0 fully saturated rings. The van der Waals surface area contributed by atoms with Crippen molar-refractivity contribution in [1.82, 2.24) is 0 Å². The molecule has 2 heteroatoms. The van der Waals surface area contributed by atoms with Crippen molar-refractivity contribution in [3.05, 3.63) is 35.4 Å². The van der Waals surface area contributed by atoms with Crippen molar-refractivity contribution >= 4 is 0 Å². The van der Waals surface area contributed by atoms with Crippen LogP contribution >= 0.6 is 0 Å². The summed E-state index contributed by atoms with van der Waals surface area (Å²) in [5.41, 5.74) is 8.61. The Labute approximate surface area is 78.4 Å². The van der Waals surface area contributed by atoms with Crippen LogP contribution in [0.4, 0.5) is 0 Å². The molecule has 0 radical (unpaired) electrons. The molecule has 2 rings (SSSR count). The zero-order valence-corrected chi connectivity index (χ0v) is 7.61. The molecule has 1 aliphatic carbocycles. The first-order valence-corrected chi connectivity index (χ1v) is 4.74. The maximum atomic E-state index is 8.95. The molecule has 0 heterocycles. The van der Waals surface area contributed by atoms with Crippen LogP contribution in [0.25, 0.3) is 0 Å². The van der Waals surface area contributed by atoms with Crippen molar-refractivity contribution in [1.29, 1.82) is 0 Å². The van der Waals surface area contributed by atoms with E-state index in [9.17, 15) is 0 Å². The van der Waals surface area contributed by atoms with Crippen LogP contribution in [0.5, 0.6) is 0 Å². The summed E-state index contributed by atoms with van der Waals surface area (Å²) in [5, 5.41) is 8.95. The molecule has 3 N–H and O–H groups in total. The predicted octanol–water partition coefficient (Wildman–Crippen LogP) is 0.721. The number of fused-ring (bicyclic) bond motifs is 1. The molecule has 70 valence electrons. The summed E-state index contributed by atoms with van der Waals surface area (Å²) in [4.78, 5) is 0. The molecule has 0 bridgehead atoms. The van der Waals surface area contributed by atoms with Crippen LogP contribution in [0.1, 0.15) is 11.1 Å². The normalized spacial score (nSPS) is 18.6. The van der Waals surface area contributed by atoms with Crippen molar-refractivity contribution in [3.8, 4) is 0 Å². The Morgan fingerprint density at radius 3 is 2.31 bits per heavy atom. The summed E-state index contributed by atoms with van der Waals surface area (Å²) in [6.45, 7) is 0.0959. The average molecular weight is 177 g/mol. The van der Waals surface area contributed by atoms with Gasteiger partial charge in [0.2, 0.25) is 0 Å². The van der Waals surface area contributed by atoms with Gasteiger partial charge < -0.3 is 10.8 Å². The molecule has 1 aromatic rings. The molecule has 0 saturated heterocycles. The van der Waals surface area contributed by atoms with Gasteiger partial charge in [-0.25, -0.2) is 0 Å². The average Bonchev–Trinajstić information content (AvgIpc) is 2.59. The third kappa shape index (κ3) is 1.60. The van der Waals surface area contributed by atoms with Gasteiger partial charge in [-0.2, -0.15) is 0 Å². The minimum Gasteiger partial charge on any atom is -0.395 e. The highest BCUT2D eigenvalue weighted by atomic mass is 16.3. The van der Waals surface area contributed by atoms with E-state index in [0.29, 0.717) is 5.92 Å². The molecule has 13 heavy (non-hydrogen) atoms. The van der Waals surface area contributed by atoms with Gasteiger partial charge >= 0.3 is 0 Å². The van der Waals surface area contributed by atoms with Crippen LogP contribution in [0.3, 0.4) is 0 Å². The fourth-order valence-corrected chi connectivity index (χ4v) is 2.04. The van der Waals surface area contributed by atoms with Gasteiger partial charge in [0.25, 0.3) is 0 Å². The van der Waals surface area contributed by atoms with Crippen LogP contribution in [0.2, 0.25) is 0 Å². The highest BCUT2D eigenvalue weighted by molar-refractivity contribution is 5.32. The molecule has 0 amide bonds. The number of nitrogens with two attached hydrogens (primary N) is 1. The van der Waals surface area contributed by atoms with Crippen molar-refractivity contribution in [2.75, 3.05) is 6.61 Å². The van der Waals surface area contributed by atoms with Gasteiger partial charge in [0.05, 0.1) is 6.61 Å². The summed E-state index contributed by atoms with van der Waals surface area (Å²) in [6.07, 6.45) is 2.05. The van der Waals surface area contributed by atoms with E-state index >= 15 is 0 Å². The number of benzene rings is 1. The summed E-state index contributed by atoms with van der Waals surface area (Å²) in [5.74, 6) is 0.433. The summed E-state index contributed by atoms with van der Waals surface area (Å²) >= 11 is 0. The van der Waals surface area contributed by atoms with E-state index in [1.165, 1.54) is 11.1 Å². The van der Waals surface area contributed by atoms with E-state index in [-0.39, 0.29) is 12.6 Å². The number of hydrogen-bond acceptors (Lipinski definition) is 2. The third-order valence-electron chi connectivity index (χ3n) is 2.90. The van der Waals surface area contributed by atoms with Crippen LogP contribution in [-0.4, -0.2) is 17.8 Å². The van der Waals surface area contributed by atoms with Crippen LogP contribution in [0, 0.1) is 5.92 Å². The Bertz CT molecular complexity index is 273. The van der Waals surface area contributed by atoms with Gasteiger partial charge in [-0.3, -0.25) is 0 Å². The molecule has 2 nitrogen and oxygen atoms in total. The molecule has 1 aromatic carbocycles. The standard InChI is InChI=1S/C11H15NO/c12-11(7-13)10-5-8-3-1-2-4-9(8)6-10/h1-4,10-11,13H,5-7,12H2/t11-/m1/s1. The van der Waals surface area contributed by atoms with Crippen LogP contribution in [0.15, 0.2) is 24.3 Å². The first kappa shape index (κ1) is 8.73. The number of aliphatic hydroxyl groups is 1. The van der Waals surface area contributed by atoms with E-state index in [4.69, 9.17) is 10.8 Å². The summed E-state index contributed by atoms with van der Waals surface area (Å²) in [6, 6.07) is 8.36. The maximum Gasteiger partial charge on any atom is 0.0585 e. The zero-order valence-electron chi connectivity index (χ0n) is 7.61. The first-order valence-electron chi connectivity index (χ1n) is 4.74. The highest BCUT2D eigenvalue weighted by Crippen LogP contribution is 2.27. The molecule has 0 saturated carbocycles. The van der Waals surface area contributed by atoms with Crippen molar-refractivity contribution in [2.24, 2.45) is 11.7 Å². The van der Waals surface area contributed by atoms with E-state index in [1.807, 2.05) is 0 Å². The zero-order chi connectivity index (χ0) is 9.26. The van der Waals surface area contributed by atoms with Gasteiger partial charge in [-0.05, 0) is 29.9 Å². The summed E-state index contributed by atoms with van der Waals surface area (Å²) in [7, 11) is 0. The molecular formula is C11H15NO. The molecule has 0 spiro atoms. The first-order chi connectivity index (χ1) is 6.31. The monoisotopic (exact) mass is 177 g/mol. The Kier molecular flexibility index (Phi) is 2.34. The number of aliphatic hydroxyl groups excluding tert-OH is 1. The molecular weight excluding hydrogens is 162 g/mol. The predicted molar refractivity (Wildman–Crippen MR) is 52.4 cm³/mol.